The molecule has 104 valence electrons. The summed E-state index contributed by atoms with van der Waals surface area (Å²) in [6.07, 6.45) is 7.31. The van der Waals surface area contributed by atoms with Gasteiger partial charge in [0.1, 0.15) is 5.65 Å². The molecule has 4 aromatic rings. The Bertz CT molecular complexity index is 1000. The van der Waals surface area contributed by atoms with Gasteiger partial charge in [0.2, 0.25) is 0 Å². The minimum atomic E-state index is 0.642. The van der Waals surface area contributed by atoms with Crippen molar-refractivity contribution in [3.63, 3.8) is 0 Å². The van der Waals surface area contributed by atoms with Gasteiger partial charge < -0.3 is 4.98 Å². The molecule has 0 saturated carbocycles. The monoisotopic (exact) mass is 285 g/mol. The van der Waals surface area contributed by atoms with Gasteiger partial charge in [0.15, 0.2) is 0 Å². The van der Waals surface area contributed by atoms with E-state index in [-0.39, 0.29) is 0 Å². The predicted octanol–water partition coefficient (Wildman–Crippen LogP) is 3.29. The SMILES string of the molecule is N#Cc1ccccc1-c1cnn(-c2ccnc3[nH]ccc23)c1. The number of rotatable bonds is 2. The van der Waals surface area contributed by atoms with Crippen LogP contribution in [0.3, 0.4) is 0 Å². The van der Waals surface area contributed by atoms with E-state index in [1.54, 1.807) is 17.1 Å². The zero-order chi connectivity index (χ0) is 14.9. The molecule has 0 aliphatic rings. The predicted molar refractivity (Wildman–Crippen MR) is 83.4 cm³/mol. The number of nitrogens with zero attached hydrogens (tertiary/aromatic N) is 4. The topological polar surface area (TPSA) is 70.3 Å². The Hall–Kier alpha value is -3.39. The highest BCUT2D eigenvalue weighted by Crippen LogP contribution is 2.25. The van der Waals surface area contributed by atoms with E-state index in [0.29, 0.717) is 5.56 Å². The van der Waals surface area contributed by atoms with Crippen LogP contribution in [0, 0.1) is 11.3 Å². The van der Waals surface area contributed by atoms with E-state index in [1.807, 2.05) is 48.8 Å². The first-order chi connectivity index (χ1) is 10.9. The van der Waals surface area contributed by atoms with Crippen LogP contribution < -0.4 is 0 Å². The summed E-state index contributed by atoms with van der Waals surface area (Å²) in [4.78, 5) is 7.37. The molecule has 5 nitrogen and oxygen atoms in total. The molecule has 0 atom stereocenters. The van der Waals surface area contributed by atoms with Crippen LogP contribution in [0.2, 0.25) is 0 Å². The van der Waals surface area contributed by atoms with Gasteiger partial charge >= 0.3 is 0 Å². The minimum Gasteiger partial charge on any atom is -0.346 e. The Balaban J connectivity index is 1.85. The molecule has 1 N–H and O–H groups in total. The molecule has 0 fully saturated rings. The van der Waals surface area contributed by atoms with Gasteiger partial charge in [0.25, 0.3) is 0 Å². The Morgan fingerprint density at radius 3 is 2.95 bits per heavy atom. The van der Waals surface area contributed by atoms with Crippen LogP contribution in [0.25, 0.3) is 27.8 Å². The first-order valence-corrected chi connectivity index (χ1v) is 6.83. The highest BCUT2D eigenvalue weighted by Gasteiger charge is 2.10. The van der Waals surface area contributed by atoms with E-state index in [4.69, 9.17) is 0 Å². The maximum Gasteiger partial charge on any atom is 0.139 e. The molecule has 5 heteroatoms. The third-order valence-electron chi connectivity index (χ3n) is 3.63. The van der Waals surface area contributed by atoms with Crippen molar-refractivity contribution in [2.75, 3.05) is 0 Å². The van der Waals surface area contributed by atoms with Crippen molar-refractivity contribution in [2.24, 2.45) is 0 Å². The molecule has 4 rings (SSSR count). The summed E-state index contributed by atoms with van der Waals surface area (Å²) in [5.41, 5.74) is 4.22. The molecule has 22 heavy (non-hydrogen) atoms. The summed E-state index contributed by atoms with van der Waals surface area (Å²) in [6, 6.07) is 13.6. The summed E-state index contributed by atoms with van der Waals surface area (Å²) in [5.74, 6) is 0. The molecule has 0 aliphatic heterocycles. The molecule has 0 amide bonds. The molecule has 3 heterocycles. The Labute approximate surface area is 126 Å². The average molecular weight is 285 g/mol. The van der Waals surface area contributed by atoms with Gasteiger partial charge in [-0.25, -0.2) is 9.67 Å². The van der Waals surface area contributed by atoms with Crippen LogP contribution in [0.5, 0.6) is 0 Å². The molecular formula is C17H11N5. The largest absolute Gasteiger partial charge is 0.346 e. The molecule has 0 aliphatic carbocycles. The van der Waals surface area contributed by atoms with E-state index in [0.717, 1.165) is 27.8 Å². The molecule has 3 aromatic heterocycles. The second kappa shape index (κ2) is 4.86. The summed E-state index contributed by atoms with van der Waals surface area (Å²) >= 11 is 0. The summed E-state index contributed by atoms with van der Waals surface area (Å²) < 4.78 is 1.81. The van der Waals surface area contributed by atoms with Crippen molar-refractivity contribution in [3.8, 4) is 22.9 Å². The smallest absolute Gasteiger partial charge is 0.139 e. The van der Waals surface area contributed by atoms with Crippen molar-refractivity contribution in [1.29, 1.82) is 5.26 Å². The zero-order valence-corrected chi connectivity index (χ0v) is 11.6. The van der Waals surface area contributed by atoms with Gasteiger partial charge in [-0.1, -0.05) is 18.2 Å². The van der Waals surface area contributed by atoms with Crippen molar-refractivity contribution < 1.29 is 0 Å². The van der Waals surface area contributed by atoms with Crippen LogP contribution in [0.15, 0.2) is 61.2 Å². The Morgan fingerprint density at radius 1 is 1.14 bits per heavy atom. The Kier molecular flexibility index (Phi) is 2.73. The molecule has 0 saturated heterocycles. The van der Waals surface area contributed by atoms with Crippen molar-refractivity contribution in [2.45, 2.75) is 0 Å². The molecule has 0 radical (unpaired) electrons. The van der Waals surface area contributed by atoms with Crippen molar-refractivity contribution in [3.05, 3.63) is 66.7 Å². The van der Waals surface area contributed by atoms with Crippen LogP contribution >= 0.6 is 0 Å². The maximum absolute atomic E-state index is 9.23. The number of H-pyrrole nitrogens is 1. The summed E-state index contributed by atoms with van der Waals surface area (Å²) in [6.45, 7) is 0. The number of nitriles is 1. The standard InChI is InChI=1S/C17H11N5/c18-9-12-3-1-2-4-14(12)13-10-21-22(11-13)16-6-8-20-17-15(16)5-7-19-17/h1-8,10-11H,(H,19,20). The second-order valence-electron chi connectivity index (χ2n) is 4.90. The van der Waals surface area contributed by atoms with E-state index in [2.05, 4.69) is 21.1 Å². The highest BCUT2D eigenvalue weighted by molar-refractivity contribution is 5.84. The van der Waals surface area contributed by atoms with Crippen LogP contribution in [0.4, 0.5) is 0 Å². The second-order valence-corrected chi connectivity index (χ2v) is 4.90. The van der Waals surface area contributed by atoms with Gasteiger partial charge in [-0.15, -0.1) is 0 Å². The number of fused-ring (bicyclic) bond motifs is 1. The number of hydrogen-bond acceptors (Lipinski definition) is 3. The summed E-state index contributed by atoms with van der Waals surface area (Å²) in [7, 11) is 0. The highest BCUT2D eigenvalue weighted by atomic mass is 15.3. The van der Waals surface area contributed by atoms with Gasteiger partial charge in [-0.3, -0.25) is 0 Å². The van der Waals surface area contributed by atoms with Gasteiger partial charge in [-0.05, 0) is 18.2 Å². The van der Waals surface area contributed by atoms with Crippen molar-refractivity contribution >= 4 is 11.0 Å². The van der Waals surface area contributed by atoms with Crippen molar-refractivity contribution in [1.82, 2.24) is 19.7 Å². The van der Waals surface area contributed by atoms with E-state index >= 15 is 0 Å². The third kappa shape index (κ3) is 1.86. The lowest BCUT2D eigenvalue weighted by molar-refractivity contribution is 0.886. The number of benzene rings is 1. The number of aromatic nitrogens is 4. The van der Waals surface area contributed by atoms with E-state index < -0.39 is 0 Å². The summed E-state index contributed by atoms with van der Waals surface area (Å²) in [5, 5.41) is 14.7. The fourth-order valence-electron chi connectivity index (χ4n) is 2.57. The van der Waals surface area contributed by atoms with Gasteiger partial charge in [0.05, 0.1) is 23.5 Å². The fraction of sp³-hybridized carbons (Fsp3) is 0. The first-order valence-electron chi connectivity index (χ1n) is 6.83. The fourth-order valence-corrected chi connectivity index (χ4v) is 2.57. The van der Waals surface area contributed by atoms with Crippen LogP contribution in [-0.4, -0.2) is 19.7 Å². The minimum absolute atomic E-state index is 0.642. The quantitative estimate of drug-likeness (QED) is 0.614. The van der Waals surface area contributed by atoms with E-state index in [9.17, 15) is 5.26 Å². The van der Waals surface area contributed by atoms with Crippen LogP contribution in [0.1, 0.15) is 5.56 Å². The molecular weight excluding hydrogens is 274 g/mol. The normalized spacial score (nSPS) is 10.7. The maximum atomic E-state index is 9.23. The molecule has 0 bridgehead atoms. The number of nitrogens with one attached hydrogen (secondary N) is 1. The number of pyridine rings is 1. The number of hydrogen-bond donors (Lipinski definition) is 1. The van der Waals surface area contributed by atoms with E-state index in [1.165, 1.54) is 0 Å². The third-order valence-corrected chi connectivity index (χ3v) is 3.63. The molecule has 0 spiro atoms. The van der Waals surface area contributed by atoms with Gasteiger partial charge in [0, 0.05) is 35.1 Å². The average Bonchev–Trinajstić information content (AvgIpc) is 3.23. The lowest BCUT2D eigenvalue weighted by Crippen LogP contribution is -1.95. The lowest BCUT2D eigenvalue weighted by atomic mass is 10.0. The molecule has 0 unspecified atom stereocenters. The first kappa shape index (κ1) is 12.4. The molecule has 1 aromatic carbocycles. The zero-order valence-electron chi connectivity index (χ0n) is 11.6. The lowest BCUT2D eigenvalue weighted by Gasteiger charge is -2.03. The van der Waals surface area contributed by atoms with Crippen LogP contribution in [-0.2, 0) is 0 Å². The Morgan fingerprint density at radius 2 is 2.05 bits per heavy atom. The number of aromatic amines is 1. The van der Waals surface area contributed by atoms with Gasteiger partial charge in [-0.2, -0.15) is 10.4 Å².